The zero-order valence-electron chi connectivity index (χ0n) is 37.8. The van der Waals surface area contributed by atoms with E-state index in [9.17, 15) is 33.9 Å². The lowest BCUT2D eigenvalue weighted by molar-refractivity contribution is -0.158. The number of nitrogens with one attached hydrogen (secondary N) is 5. The summed E-state index contributed by atoms with van der Waals surface area (Å²) in [5, 5.41) is 21.2. The number of para-hydroxylation sites is 1. The van der Waals surface area contributed by atoms with Crippen LogP contribution in [0.4, 0.5) is 4.79 Å². The van der Waals surface area contributed by atoms with E-state index in [-0.39, 0.29) is 57.1 Å². The summed E-state index contributed by atoms with van der Waals surface area (Å²) < 4.78 is 11.5. The number of rotatable bonds is 21. The third-order valence-corrected chi connectivity index (χ3v) is 11.2. The molecular formula is C50H58N8O9. The summed E-state index contributed by atoms with van der Waals surface area (Å²) in [6, 6.07) is 26.8. The molecule has 17 nitrogen and oxygen atoms in total. The van der Waals surface area contributed by atoms with Gasteiger partial charge in [0.05, 0.1) is 0 Å². The van der Waals surface area contributed by atoms with Gasteiger partial charge in [0, 0.05) is 48.8 Å². The van der Waals surface area contributed by atoms with Crippen molar-refractivity contribution in [2.24, 2.45) is 16.5 Å². The van der Waals surface area contributed by atoms with Crippen LogP contribution in [-0.4, -0.2) is 94.7 Å². The molecular weight excluding hydrogens is 857 g/mol. The van der Waals surface area contributed by atoms with E-state index in [2.05, 4.69) is 31.2 Å². The zero-order valence-corrected chi connectivity index (χ0v) is 37.8. The van der Waals surface area contributed by atoms with E-state index in [1.54, 1.807) is 57.3 Å². The Balaban J connectivity index is 1.23. The van der Waals surface area contributed by atoms with Gasteiger partial charge in [0.1, 0.15) is 36.4 Å². The molecule has 4 atom stereocenters. The normalized spacial score (nSPS) is 13.7. The number of aromatic nitrogens is 1. The lowest BCUT2D eigenvalue weighted by Gasteiger charge is -2.28. The highest BCUT2D eigenvalue weighted by molar-refractivity contribution is 5.95. The Morgan fingerprint density at radius 3 is 1.90 bits per heavy atom. The highest BCUT2D eigenvalue weighted by Gasteiger charge is 2.34. The number of aliphatic imine (C=N–C) groups is 1. The molecule has 5 aromatic rings. The summed E-state index contributed by atoms with van der Waals surface area (Å²) >= 11 is 0. The maximum atomic E-state index is 14.5. The van der Waals surface area contributed by atoms with E-state index in [0.717, 1.165) is 33.2 Å². The van der Waals surface area contributed by atoms with Crippen LogP contribution in [-0.2, 0) is 46.3 Å². The fraction of sp³-hybridized carbons (Fsp3) is 0.340. The number of carboxylic acid groups (broad SMARTS) is 1. The van der Waals surface area contributed by atoms with Gasteiger partial charge in [-0.25, -0.2) is 9.59 Å². The average Bonchev–Trinajstić information content (AvgIpc) is 3.85. The topological polar surface area (TPSA) is 269 Å². The number of fused-ring (bicyclic) bond motifs is 4. The molecule has 0 aliphatic heterocycles. The maximum Gasteiger partial charge on any atom is 0.407 e. The zero-order chi connectivity index (χ0) is 48.1. The largest absolute Gasteiger partial charge is 0.481 e. The molecule has 1 aliphatic rings. The summed E-state index contributed by atoms with van der Waals surface area (Å²) in [6.07, 6.45) is 0.160. The van der Waals surface area contributed by atoms with Crippen LogP contribution in [0.5, 0.6) is 0 Å². The Morgan fingerprint density at radius 2 is 1.27 bits per heavy atom. The van der Waals surface area contributed by atoms with Crippen LogP contribution in [0.3, 0.4) is 0 Å². The molecule has 0 unspecified atom stereocenters. The minimum atomic E-state index is -1.47. The highest BCUT2D eigenvalue weighted by Crippen LogP contribution is 2.44. The number of carboxylic acids is 1. The smallest absolute Gasteiger partial charge is 0.407 e. The molecule has 352 valence electrons. The van der Waals surface area contributed by atoms with Gasteiger partial charge in [-0.15, -0.1) is 0 Å². The third kappa shape index (κ3) is 13.7. The molecule has 0 bridgehead atoms. The number of aromatic amines is 1. The van der Waals surface area contributed by atoms with Crippen molar-refractivity contribution in [2.75, 3.05) is 13.2 Å². The molecule has 0 saturated heterocycles. The van der Waals surface area contributed by atoms with E-state index in [1.165, 1.54) is 0 Å². The first-order chi connectivity index (χ1) is 32.1. The highest BCUT2D eigenvalue weighted by atomic mass is 16.6. The molecule has 17 heteroatoms. The quantitative estimate of drug-likeness (QED) is 0.0219. The second-order valence-corrected chi connectivity index (χ2v) is 17.4. The molecule has 1 aliphatic carbocycles. The molecule has 0 spiro atoms. The molecule has 1 aromatic heterocycles. The first-order valence-corrected chi connectivity index (χ1v) is 22.2. The number of guanidine groups is 1. The Hall–Kier alpha value is -7.69. The number of ether oxygens (including phenoxy) is 2. The predicted octanol–water partition coefficient (Wildman–Crippen LogP) is 4.57. The van der Waals surface area contributed by atoms with Crippen LogP contribution >= 0.6 is 0 Å². The van der Waals surface area contributed by atoms with Gasteiger partial charge in [0.15, 0.2) is 5.96 Å². The van der Waals surface area contributed by atoms with E-state index in [4.69, 9.17) is 20.9 Å². The summed E-state index contributed by atoms with van der Waals surface area (Å²) in [4.78, 5) is 89.0. The number of carbonyl (C=O) groups excluding carboxylic acids is 5. The van der Waals surface area contributed by atoms with E-state index < -0.39 is 71.9 Å². The van der Waals surface area contributed by atoms with Crippen LogP contribution in [0.1, 0.15) is 74.6 Å². The number of nitrogens with two attached hydrogens (primary N) is 2. The number of hydrogen-bond donors (Lipinski definition) is 8. The van der Waals surface area contributed by atoms with Crippen molar-refractivity contribution in [2.45, 2.75) is 95.0 Å². The van der Waals surface area contributed by atoms with Gasteiger partial charge in [-0.05, 0) is 79.5 Å². The summed E-state index contributed by atoms with van der Waals surface area (Å²) in [7, 11) is 0. The van der Waals surface area contributed by atoms with Gasteiger partial charge in [-0.2, -0.15) is 0 Å². The lowest BCUT2D eigenvalue weighted by atomic mass is 9.98. The Labute approximate surface area is 388 Å². The van der Waals surface area contributed by atoms with Gasteiger partial charge in [-0.3, -0.25) is 24.2 Å². The summed E-state index contributed by atoms with van der Waals surface area (Å²) in [5.41, 5.74) is 16.5. The van der Waals surface area contributed by atoms with Crippen molar-refractivity contribution < 1.29 is 43.3 Å². The number of nitrogens with zero attached hydrogens (tertiary/aromatic N) is 1. The van der Waals surface area contributed by atoms with Crippen LogP contribution < -0.4 is 32.7 Å². The van der Waals surface area contributed by atoms with Crippen molar-refractivity contribution in [3.05, 3.63) is 132 Å². The number of benzene rings is 4. The van der Waals surface area contributed by atoms with Crippen molar-refractivity contribution in [1.29, 1.82) is 0 Å². The van der Waals surface area contributed by atoms with Gasteiger partial charge >= 0.3 is 18.0 Å². The number of hydrogen-bond acceptors (Lipinski definition) is 9. The van der Waals surface area contributed by atoms with E-state index in [0.29, 0.717) is 11.1 Å². The SMILES string of the molecule is CC(C)(C)OC(=O)[C@H](Cc1ccccc1)NC(=O)[C@H](CCC(=O)O)NC(=O)[C@H](CCCN=C(N)N)NC(=O)[C@H](Cc1c[nH]c2ccccc12)NC(=O)OCC1c2ccccc2-c2ccccc21. The lowest BCUT2D eigenvalue weighted by Crippen LogP contribution is -2.58. The van der Waals surface area contributed by atoms with E-state index in [1.807, 2.05) is 72.8 Å². The van der Waals surface area contributed by atoms with Gasteiger partial charge in [-0.1, -0.05) is 97.1 Å². The van der Waals surface area contributed by atoms with Crippen LogP contribution in [0, 0.1) is 0 Å². The number of esters is 1. The van der Waals surface area contributed by atoms with Crippen molar-refractivity contribution in [3.63, 3.8) is 0 Å². The second kappa shape index (κ2) is 22.5. The van der Waals surface area contributed by atoms with Gasteiger partial charge in [0.25, 0.3) is 0 Å². The molecule has 4 aromatic carbocycles. The first-order valence-electron chi connectivity index (χ1n) is 22.2. The number of H-pyrrole nitrogens is 1. The van der Waals surface area contributed by atoms with Crippen LogP contribution in [0.2, 0.25) is 0 Å². The standard InChI is InChI=1S/C50H58N8O9/c1-50(2,3)67-47(64)42(26-30-14-5-4-6-15-30)57-45(62)40(23-24-43(59)60)56-44(61)39(22-13-25-53-48(51)52)55-46(63)41(27-31-28-54-38-21-12-11-16-32(31)38)58-49(65)66-29-37-35-19-9-7-17-33(35)34-18-8-10-20-36(34)37/h4-12,14-21,28,37,39-42,54H,13,22-27,29H2,1-3H3,(H,55,63)(H,56,61)(H,57,62)(H,58,65)(H,59,60)(H4,51,52,53)/t39-,40-,41-,42-/m0/s1. The van der Waals surface area contributed by atoms with Gasteiger partial charge < -0.3 is 52.3 Å². The molecule has 6 rings (SSSR count). The monoisotopic (exact) mass is 914 g/mol. The van der Waals surface area contributed by atoms with Crippen molar-refractivity contribution in [1.82, 2.24) is 26.3 Å². The summed E-state index contributed by atoms with van der Waals surface area (Å²) in [5.74, 6) is -4.84. The minimum Gasteiger partial charge on any atom is -0.481 e. The second-order valence-electron chi connectivity index (χ2n) is 17.4. The number of aliphatic carboxylic acids is 1. The molecule has 10 N–H and O–H groups in total. The number of alkyl carbamates (subject to hydrolysis) is 1. The molecule has 67 heavy (non-hydrogen) atoms. The van der Waals surface area contributed by atoms with E-state index >= 15 is 0 Å². The molecule has 0 radical (unpaired) electrons. The average molecular weight is 915 g/mol. The Bertz CT molecular complexity index is 2540. The number of carbonyl (C=O) groups is 6. The van der Waals surface area contributed by atoms with Crippen molar-refractivity contribution >= 4 is 52.6 Å². The molecule has 0 fully saturated rings. The molecule has 0 saturated carbocycles. The van der Waals surface area contributed by atoms with Crippen LogP contribution in [0.25, 0.3) is 22.0 Å². The fourth-order valence-corrected chi connectivity index (χ4v) is 8.05. The minimum absolute atomic E-state index is 0.0144. The maximum absolute atomic E-state index is 14.5. The third-order valence-electron chi connectivity index (χ3n) is 11.2. The Kier molecular flexibility index (Phi) is 16.4. The first kappa shape index (κ1) is 48.8. The van der Waals surface area contributed by atoms with Crippen LogP contribution in [0.15, 0.2) is 114 Å². The van der Waals surface area contributed by atoms with Crippen molar-refractivity contribution in [3.8, 4) is 11.1 Å². The molecule has 4 amide bonds. The molecule has 1 heterocycles. The Morgan fingerprint density at radius 1 is 0.701 bits per heavy atom. The predicted molar refractivity (Wildman–Crippen MR) is 253 cm³/mol. The van der Waals surface area contributed by atoms with Gasteiger partial charge in [0.2, 0.25) is 17.7 Å². The number of amides is 4. The fourth-order valence-electron chi connectivity index (χ4n) is 8.05. The summed E-state index contributed by atoms with van der Waals surface area (Å²) in [6.45, 7) is 5.11.